The maximum absolute atomic E-state index is 12.4. The zero-order valence-corrected chi connectivity index (χ0v) is 7.02. The average molecular weight is 180 g/mol. The van der Waals surface area contributed by atoms with Crippen LogP contribution in [0.1, 0.15) is 11.1 Å². The molecular formula is C9H10BFO2. The molecule has 0 unspecified atom stereocenters. The van der Waals surface area contributed by atoms with Gasteiger partial charge in [0.25, 0.3) is 0 Å². The second-order valence-electron chi connectivity index (χ2n) is 2.61. The zero-order chi connectivity index (χ0) is 9.68. The Labute approximate surface area is 76.5 Å². The molecule has 0 spiro atoms. The van der Waals surface area contributed by atoms with Crippen LogP contribution in [0.25, 0.3) is 6.08 Å². The first-order chi connectivity index (χ1) is 6.24. The molecule has 4 heteroatoms. The van der Waals surface area contributed by atoms with Gasteiger partial charge in [0, 0.05) is 0 Å². The zero-order valence-electron chi connectivity index (χ0n) is 7.02. The Kier molecular flexibility index (Phi) is 3.67. The smallest absolute Gasteiger partial charge is 0.424 e. The topological polar surface area (TPSA) is 40.5 Å². The minimum atomic E-state index is -1.49. The van der Waals surface area contributed by atoms with Gasteiger partial charge in [-0.1, -0.05) is 36.3 Å². The first-order valence-electron chi connectivity index (χ1n) is 3.92. The average Bonchev–Trinajstić information content (AvgIpc) is 2.15. The van der Waals surface area contributed by atoms with Gasteiger partial charge in [-0.3, -0.25) is 0 Å². The fourth-order valence-electron chi connectivity index (χ4n) is 1.01. The summed E-state index contributed by atoms with van der Waals surface area (Å²) >= 11 is 0. The lowest BCUT2D eigenvalue weighted by Crippen LogP contribution is -2.05. The normalized spacial score (nSPS) is 10.7. The van der Waals surface area contributed by atoms with Gasteiger partial charge < -0.3 is 10.0 Å². The van der Waals surface area contributed by atoms with E-state index in [1.807, 2.05) is 0 Å². The lowest BCUT2D eigenvalue weighted by Gasteiger charge is -1.99. The van der Waals surface area contributed by atoms with Crippen molar-refractivity contribution in [1.29, 1.82) is 0 Å². The van der Waals surface area contributed by atoms with Crippen LogP contribution in [0.15, 0.2) is 30.2 Å². The van der Waals surface area contributed by atoms with Gasteiger partial charge >= 0.3 is 7.12 Å². The highest BCUT2D eigenvalue weighted by molar-refractivity contribution is 6.48. The van der Waals surface area contributed by atoms with Crippen LogP contribution in [-0.2, 0) is 6.67 Å². The van der Waals surface area contributed by atoms with E-state index in [-0.39, 0.29) is 0 Å². The van der Waals surface area contributed by atoms with E-state index in [9.17, 15) is 4.39 Å². The van der Waals surface area contributed by atoms with Crippen molar-refractivity contribution in [2.24, 2.45) is 0 Å². The van der Waals surface area contributed by atoms with E-state index in [0.29, 0.717) is 11.1 Å². The van der Waals surface area contributed by atoms with Crippen molar-refractivity contribution in [2.75, 3.05) is 0 Å². The summed E-state index contributed by atoms with van der Waals surface area (Å²) in [6.07, 6.45) is 1.49. The SMILES string of the molecule is OB(O)C=Cc1ccccc1CF. The highest BCUT2D eigenvalue weighted by atomic mass is 19.1. The van der Waals surface area contributed by atoms with E-state index in [2.05, 4.69) is 0 Å². The molecule has 0 amide bonds. The lowest BCUT2D eigenvalue weighted by molar-refractivity contribution is 0.424. The van der Waals surface area contributed by atoms with E-state index >= 15 is 0 Å². The molecule has 0 atom stereocenters. The summed E-state index contributed by atoms with van der Waals surface area (Å²) in [5.74, 6) is 1.19. The third-order valence-corrected chi connectivity index (χ3v) is 1.65. The first-order valence-corrected chi connectivity index (χ1v) is 3.92. The molecule has 0 bridgehead atoms. The van der Waals surface area contributed by atoms with Gasteiger partial charge in [-0.05, 0) is 11.1 Å². The van der Waals surface area contributed by atoms with Crippen LogP contribution >= 0.6 is 0 Å². The van der Waals surface area contributed by atoms with Crippen molar-refractivity contribution in [3.05, 3.63) is 41.4 Å². The molecule has 2 nitrogen and oxygen atoms in total. The lowest BCUT2D eigenvalue weighted by atomic mass is 9.90. The number of benzene rings is 1. The Morgan fingerprint density at radius 2 is 2.00 bits per heavy atom. The Hall–Kier alpha value is -1.13. The highest BCUT2D eigenvalue weighted by Gasteiger charge is 2.00. The molecule has 0 aromatic heterocycles. The van der Waals surface area contributed by atoms with Gasteiger partial charge in [0.2, 0.25) is 0 Å². The standard InChI is InChI=1S/C9H10BFO2/c11-7-9-4-2-1-3-8(9)5-6-10(12)13/h1-6,12-13H,7H2. The molecule has 0 aliphatic heterocycles. The fraction of sp³-hybridized carbons (Fsp3) is 0.111. The third-order valence-electron chi connectivity index (χ3n) is 1.65. The van der Waals surface area contributed by atoms with Crippen LogP contribution in [0.3, 0.4) is 0 Å². The maximum atomic E-state index is 12.4. The molecule has 2 N–H and O–H groups in total. The van der Waals surface area contributed by atoms with Crippen LogP contribution in [-0.4, -0.2) is 17.2 Å². The molecule has 1 aromatic carbocycles. The van der Waals surface area contributed by atoms with E-state index in [0.717, 1.165) is 0 Å². The summed E-state index contributed by atoms with van der Waals surface area (Å²) < 4.78 is 12.4. The predicted molar refractivity (Wildman–Crippen MR) is 50.5 cm³/mol. The number of halogens is 1. The van der Waals surface area contributed by atoms with Crippen molar-refractivity contribution < 1.29 is 14.4 Å². The Morgan fingerprint density at radius 3 is 2.62 bits per heavy atom. The third kappa shape index (κ3) is 3.01. The van der Waals surface area contributed by atoms with Crippen LogP contribution in [0.4, 0.5) is 4.39 Å². The molecular weight excluding hydrogens is 170 g/mol. The molecule has 1 aromatic rings. The minimum absolute atomic E-state index is 0.541. The van der Waals surface area contributed by atoms with Crippen LogP contribution in [0.2, 0.25) is 0 Å². The monoisotopic (exact) mass is 180 g/mol. The largest absolute Gasteiger partial charge is 0.480 e. The van der Waals surface area contributed by atoms with Crippen LogP contribution in [0.5, 0.6) is 0 Å². The predicted octanol–water partition coefficient (Wildman–Crippen LogP) is 1.18. The number of hydrogen-bond donors (Lipinski definition) is 2. The highest BCUT2D eigenvalue weighted by Crippen LogP contribution is 2.11. The number of hydrogen-bond acceptors (Lipinski definition) is 2. The Balaban J connectivity index is 2.87. The summed E-state index contributed by atoms with van der Waals surface area (Å²) in [5.41, 5.74) is 1.21. The molecule has 0 radical (unpaired) electrons. The van der Waals surface area contributed by atoms with Gasteiger partial charge in [0.15, 0.2) is 0 Å². The van der Waals surface area contributed by atoms with Gasteiger partial charge in [-0.25, -0.2) is 4.39 Å². The quantitative estimate of drug-likeness (QED) is 0.685. The molecule has 0 saturated heterocycles. The molecule has 0 fully saturated rings. The molecule has 68 valence electrons. The van der Waals surface area contributed by atoms with Crippen LogP contribution < -0.4 is 0 Å². The molecule has 1 rings (SSSR count). The first kappa shape index (κ1) is 9.96. The second kappa shape index (κ2) is 4.79. The number of rotatable bonds is 3. The summed E-state index contributed by atoms with van der Waals surface area (Å²) in [7, 11) is -1.49. The van der Waals surface area contributed by atoms with E-state index in [1.54, 1.807) is 24.3 Å². The van der Waals surface area contributed by atoms with Crippen molar-refractivity contribution in [2.45, 2.75) is 6.67 Å². The van der Waals surface area contributed by atoms with E-state index in [1.165, 1.54) is 12.1 Å². The van der Waals surface area contributed by atoms with Gasteiger partial charge in [-0.15, -0.1) is 0 Å². The van der Waals surface area contributed by atoms with Gasteiger partial charge in [-0.2, -0.15) is 0 Å². The summed E-state index contributed by atoms with van der Waals surface area (Å²) in [6, 6.07) is 6.88. The van der Waals surface area contributed by atoms with E-state index in [4.69, 9.17) is 10.0 Å². The van der Waals surface area contributed by atoms with Crippen LogP contribution in [0, 0.1) is 0 Å². The van der Waals surface area contributed by atoms with Crippen molar-refractivity contribution in [3.8, 4) is 0 Å². The van der Waals surface area contributed by atoms with E-state index < -0.39 is 13.8 Å². The summed E-state index contributed by atoms with van der Waals surface area (Å²) in [5, 5.41) is 17.1. The second-order valence-corrected chi connectivity index (χ2v) is 2.61. The Morgan fingerprint density at radius 1 is 1.31 bits per heavy atom. The molecule has 13 heavy (non-hydrogen) atoms. The maximum Gasteiger partial charge on any atom is 0.480 e. The minimum Gasteiger partial charge on any atom is -0.424 e. The number of alkyl halides is 1. The molecule has 0 saturated carbocycles. The summed E-state index contributed by atoms with van der Waals surface area (Å²) in [4.78, 5) is 0. The molecule has 0 heterocycles. The Bertz CT molecular complexity index is 299. The van der Waals surface area contributed by atoms with Gasteiger partial charge in [0.05, 0.1) is 0 Å². The van der Waals surface area contributed by atoms with Crippen molar-refractivity contribution in [1.82, 2.24) is 0 Å². The molecule has 0 aliphatic rings. The molecule has 0 aliphatic carbocycles. The van der Waals surface area contributed by atoms with Crippen molar-refractivity contribution in [3.63, 3.8) is 0 Å². The van der Waals surface area contributed by atoms with Crippen molar-refractivity contribution >= 4 is 13.2 Å². The fourth-order valence-corrected chi connectivity index (χ4v) is 1.01. The summed E-state index contributed by atoms with van der Waals surface area (Å²) in [6.45, 7) is -0.554. The van der Waals surface area contributed by atoms with Gasteiger partial charge in [0.1, 0.15) is 6.67 Å².